The van der Waals surface area contributed by atoms with Crippen LogP contribution in [0.25, 0.3) is 5.69 Å². The van der Waals surface area contributed by atoms with Crippen molar-refractivity contribution in [3.63, 3.8) is 0 Å². The van der Waals surface area contributed by atoms with Gasteiger partial charge in [0.15, 0.2) is 0 Å². The molecule has 0 fully saturated rings. The molecule has 1 aliphatic heterocycles. The predicted molar refractivity (Wildman–Crippen MR) is 115 cm³/mol. The van der Waals surface area contributed by atoms with Gasteiger partial charge >= 0.3 is 0 Å². The number of aromatic nitrogens is 2. The highest BCUT2D eigenvalue weighted by Gasteiger charge is 2.20. The molecule has 3 rings (SSSR count). The standard InChI is InChI=1S/C24H28FN3O2/c1-3-4-6-19(2)30-14-11-22(25)15-21-16-24(29)27(18-21)17-20-7-9-23(10-8-20)28-13-5-12-26-28/h5,7-16,19H,3-4,6,17-18H2,1-2H3/b14-11+,22-15+/t19-/m0/s1. The number of carbonyl (C=O) groups is 1. The van der Waals surface area contributed by atoms with Gasteiger partial charge in [-0.05, 0) is 48.8 Å². The molecule has 2 aromatic rings. The average Bonchev–Trinajstić information content (AvgIpc) is 3.37. The Balaban J connectivity index is 1.51. The lowest BCUT2D eigenvalue weighted by Crippen LogP contribution is -2.25. The van der Waals surface area contributed by atoms with E-state index in [2.05, 4.69) is 12.0 Å². The van der Waals surface area contributed by atoms with Crippen LogP contribution in [-0.2, 0) is 16.1 Å². The molecule has 1 atom stereocenters. The SMILES string of the molecule is CCCC[C@H](C)O/C=C/C(F)=C\C1=CC(=O)N(Cc2ccc(-n3cccn3)cc2)C1. The Bertz CT molecular complexity index is 914. The van der Waals surface area contributed by atoms with E-state index in [0.717, 1.165) is 30.5 Å². The van der Waals surface area contributed by atoms with Gasteiger partial charge in [-0.2, -0.15) is 5.10 Å². The Morgan fingerprint density at radius 3 is 2.83 bits per heavy atom. The maximum atomic E-state index is 14.1. The molecule has 1 amide bonds. The number of hydrogen-bond donors (Lipinski definition) is 0. The first-order valence-electron chi connectivity index (χ1n) is 10.3. The third-order valence-corrected chi connectivity index (χ3v) is 4.90. The lowest BCUT2D eigenvalue weighted by atomic mass is 10.2. The fraction of sp³-hybridized carbons (Fsp3) is 0.333. The molecule has 0 N–H and O–H groups in total. The number of unbranched alkanes of at least 4 members (excludes halogenated alkanes) is 1. The largest absolute Gasteiger partial charge is 0.498 e. The van der Waals surface area contributed by atoms with E-state index in [1.54, 1.807) is 15.8 Å². The Kier molecular flexibility index (Phi) is 7.60. The first kappa shape index (κ1) is 21.6. The molecule has 0 unspecified atom stereocenters. The lowest BCUT2D eigenvalue weighted by Gasteiger charge is -2.16. The summed E-state index contributed by atoms with van der Waals surface area (Å²) in [5.74, 6) is -0.541. The molecular weight excluding hydrogens is 381 g/mol. The molecule has 0 radical (unpaired) electrons. The predicted octanol–water partition coefficient (Wildman–Crippen LogP) is 5.10. The van der Waals surface area contributed by atoms with Crippen LogP contribution in [0.4, 0.5) is 4.39 Å². The van der Waals surface area contributed by atoms with Crippen molar-refractivity contribution >= 4 is 5.91 Å². The van der Waals surface area contributed by atoms with Crippen LogP contribution in [0.3, 0.4) is 0 Å². The van der Waals surface area contributed by atoms with E-state index in [9.17, 15) is 9.18 Å². The number of ether oxygens (including phenoxy) is 1. The van der Waals surface area contributed by atoms with Gasteiger partial charge in [-0.1, -0.05) is 31.9 Å². The molecule has 0 bridgehead atoms. The first-order valence-corrected chi connectivity index (χ1v) is 10.3. The molecule has 2 heterocycles. The minimum absolute atomic E-state index is 0.0662. The van der Waals surface area contributed by atoms with E-state index in [1.165, 1.54) is 24.5 Å². The number of halogens is 1. The van der Waals surface area contributed by atoms with Crippen LogP contribution in [0, 0.1) is 0 Å². The maximum Gasteiger partial charge on any atom is 0.247 e. The van der Waals surface area contributed by atoms with Gasteiger partial charge in [0.25, 0.3) is 0 Å². The molecule has 1 aromatic carbocycles. The van der Waals surface area contributed by atoms with Crippen LogP contribution < -0.4 is 0 Å². The fourth-order valence-corrected chi connectivity index (χ4v) is 3.23. The third kappa shape index (κ3) is 6.17. The van der Waals surface area contributed by atoms with Crippen molar-refractivity contribution in [2.24, 2.45) is 0 Å². The molecular formula is C24H28FN3O2. The molecule has 0 spiro atoms. The summed E-state index contributed by atoms with van der Waals surface area (Å²) in [7, 11) is 0. The summed E-state index contributed by atoms with van der Waals surface area (Å²) in [6, 6.07) is 9.73. The topological polar surface area (TPSA) is 47.4 Å². The zero-order valence-electron chi connectivity index (χ0n) is 17.5. The van der Waals surface area contributed by atoms with Crippen LogP contribution in [-0.4, -0.2) is 33.2 Å². The van der Waals surface area contributed by atoms with E-state index in [1.807, 2.05) is 43.5 Å². The molecule has 1 aromatic heterocycles. The summed E-state index contributed by atoms with van der Waals surface area (Å²) in [5.41, 5.74) is 2.61. The van der Waals surface area contributed by atoms with Crippen LogP contribution in [0.15, 0.2) is 78.6 Å². The molecule has 0 aliphatic carbocycles. The van der Waals surface area contributed by atoms with Crippen molar-refractivity contribution in [1.29, 1.82) is 0 Å². The second kappa shape index (κ2) is 10.6. The Labute approximate surface area is 177 Å². The van der Waals surface area contributed by atoms with E-state index < -0.39 is 5.83 Å². The summed E-state index contributed by atoms with van der Waals surface area (Å²) < 4.78 is 21.4. The van der Waals surface area contributed by atoms with Gasteiger partial charge in [0, 0.05) is 37.6 Å². The number of benzene rings is 1. The Morgan fingerprint density at radius 1 is 1.33 bits per heavy atom. The summed E-state index contributed by atoms with van der Waals surface area (Å²) in [6.45, 7) is 4.96. The van der Waals surface area contributed by atoms with E-state index >= 15 is 0 Å². The van der Waals surface area contributed by atoms with Gasteiger partial charge in [-0.15, -0.1) is 0 Å². The van der Waals surface area contributed by atoms with Gasteiger partial charge in [0.1, 0.15) is 5.83 Å². The molecule has 0 saturated carbocycles. The summed E-state index contributed by atoms with van der Waals surface area (Å²) in [6.07, 6.45) is 12.4. The van der Waals surface area contributed by atoms with Crippen molar-refractivity contribution in [2.75, 3.05) is 6.54 Å². The van der Waals surface area contributed by atoms with Crippen LogP contribution in [0.1, 0.15) is 38.7 Å². The van der Waals surface area contributed by atoms with Gasteiger partial charge in [-0.3, -0.25) is 4.79 Å². The van der Waals surface area contributed by atoms with Crippen molar-refractivity contribution < 1.29 is 13.9 Å². The lowest BCUT2D eigenvalue weighted by molar-refractivity contribution is -0.125. The van der Waals surface area contributed by atoms with Crippen molar-refractivity contribution in [3.05, 3.63) is 84.2 Å². The number of hydrogen-bond acceptors (Lipinski definition) is 3. The normalized spacial score (nSPS) is 15.7. The second-order valence-corrected chi connectivity index (χ2v) is 7.45. The first-order chi connectivity index (χ1) is 14.5. The highest BCUT2D eigenvalue weighted by Crippen LogP contribution is 2.19. The zero-order chi connectivity index (χ0) is 21.3. The summed E-state index contributed by atoms with van der Waals surface area (Å²) in [5, 5.41) is 4.20. The smallest absolute Gasteiger partial charge is 0.247 e. The number of allylic oxidation sites excluding steroid dienone is 2. The summed E-state index contributed by atoms with van der Waals surface area (Å²) >= 11 is 0. The molecule has 0 saturated heterocycles. The number of amides is 1. The van der Waals surface area contributed by atoms with Crippen LogP contribution in [0.2, 0.25) is 0 Å². The van der Waals surface area contributed by atoms with Crippen molar-refractivity contribution in [2.45, 2.75) is 45.8 Å². The Hall–Kier alpha value is -3.15. The highest BCUT2D eigenvalue weighted by molar-refractivity contribution is 5.91. The quantitative estimate of drug-likeness (QED) is 0.405. The minimum Gasteiger partial charge on any atom is -0.498 e. The fourth-order valence-electron chi connectivity index (χ4n) is 3.23. The van der Waals surface area contributed by atoms with Gasteiger partial charge < -0.3 is 9.64 Å². The van der Waals surface area contributed by atoms with Gasteiger partial charge in [-0.25, -0.2) is 9.07 Å². The summed E-state index contributed by atoms with van der Waals surface area (Å²) in [4.78, 5) is 14.0. The van der Waals surface area contributed by atoms with E-state index in [0.29, 0.717) is 18.7 Å². The number of carbonyl (C=O) groups excluding carboxylic acids is 1. The molecule has 6 heteroatoms. The number of rotatable bonds is 10. The van der Waals surface area contributed by atoms with Crippen molar-refractivity contribution in [1.82, 2.24) is 14.7 Å². The molecule has 5 nitrogen and oxygen atoms in total. The average molecular weight is 410 g/mol. The third-order valence-electron chi connectivity index (χ3n) is 4.90. The molecule has 1 aliphatic rings. The monoisotopic (exact) mass is 409 g/mol. The van der Waals surface area contributed by atoms with Crippen molar-refractivity contribution in [3.8, 4) is 5.69 Å². The van der Waals surface area contributed by atoms with Crippen LogP contribution >= 0.6 is 0 Å². The second-order valence-electron chi connectivity index (χ2n) is 7.45. The van der Waals surface area contributed by atoms with Crippen LogP contribution in [0.5, 0.6) is 0 Å². The van der Waals surface area contributed by atoms with E-state index in [-0.39, 0.29) is 12.0 Å². The minimum atomic E-state index is -0.429. The van der Waals surface area contributed by atoms with E-state index in [4.69, 9.17) is 4.74 Å². The van der Waals surface area contributed by atoms with Gasteiger partial charge in [0.05, 0.1) is 18.1 Å². The maximum absolute atomic E-state index is 14.1. The van der Waals surface area contributed by atoms with Gasteiger partial charge in [0.2, 0.25) is 5.91 Å². The molecule has 158 valence electrons. The zero-order valence-corrected chi connectivity index (χ0v) is 17.5. The number of nitrogens with zero attached hydrogens (tertiary/aromatic N) is 3. The molecule has 30 heavy (non-hydrogen) atoms. The Morgan fingerprint density at radius 2 is 2.13 bits per heavy atom. The highest BCUT2D eigenvalue weighted by atomic mass is 19.1.